The Morgan fingerprint density at radius 2 is 2.38 bits per heavy atom. The molecule has 0 aromatic carbocycles. The van der Waals surface area contributed by atoms with Gasteiger partial charge in [0.15, 0.2) is 0 Å². The first kappa shape index (κ1) is 6.09. The van der Waals surface area contributed by atoms with Crippen molar-refractivity contribution in [3.63, 3.8) is 0 Å². The fraction of sp³-hybridized carbons (Fsp3) is 0.667. The summed E-state index contributed by atoms with van der Waals surface area (Å²) in [5.41, 5.74) is 2.92. The van der Waals surface area contributed by atoms with Crippen LogP contribution in [0.4, 0.5) is 0 Å². The molecule has 0 bridgehead atoms. The lowest BCUT2D eigenvalue weighted by atomic mass is 10.7. The Labute approximate surface area is 62.0 Å². The predicted molar refractivity (Wildman–Crippen MR) is 39.9 cm³/mol. The van der Waals surface area contributed by atoms with E-state index in [2.05, 4.69) is 33.5 Å². The molecule has 8 heavy (non-hydrogen) atoms. The maximum Gasteiger partial charge on any atom is 0.139 e. The highest BCUT2D eigenvalue weighted by molar-refractivity contribution is 14.1. The van der Waals surface area contributed by atoms with Crippen LogP contribution < -0.4 is 5.53 Å². The fourth-order valence-corrected chi connectivity index (χ4v) is 1.05. The van der Waals surface area contributed by atoms with Gasteiger partial charge in [-0.2, -0.15) is 0 Å². The number of nitrogens with zero attached hydrogens (tertiary/aromatic N) is 3. The molecule has 0 aromatic heterocycles. The largest absolute Gasteiger partial charge is 0.278 e. The van der Waals surface area contributed by atoms with Gasteiger partial charge in [-0.15, -0.1) is 14.0 Å². The zero-order chi connectivity index (χ0) is 6.15. The summed E-state index contributed by atoms with van der Waals surface area (Å²) >= 11 is 2.06. The van der Waals surface area contributed by atoms with E-state index in [1.807, 2.05) is 19.0 Å². The molecule has 0 amide bonds. The molecule has 4 nitrogen and oxygen atoms in total. The molecule has 0 spiro atoms. The third-order valence-corrected chi connectivity index (χ3v) is 1.38. The first-order valence-corrected chi connectivity index (χ1v) is 3.18. The highest BCUT2D eigenvalue weighted by Crippen LogP contribution is 2.03. The molecule has 0 radical (unpaired) electrons. The number of hydrogen-bond donors (Lipinski definition) is 1. The lowest BCUT2D eigenvalue weighted by Gasteiger charge is -2.10. The van der Waals surface area contributed by atoms with Crippen molar-refractivity contribution in [3.8, 4) is 0 Å². The van der Waals surface area contributed by atoms with E-state index in [0.717, 1.165) is 5.84 Å². The molecule has 0 aromatic rings. The summed E-state index contributed by atoms with van der Waals surface area (Å²) in [7, 11) is 1.91. The van der Waals surface area contributed by atoms with Gasteiger partial charge in [-0.25, -0.2) is 0 Å². The van der Waals surface area contributed by atoms with E-state index in [9.17, 15) is 0 Å². The van der Waals surface area contributed by atoms with Crippen molar-refractivity contribution in [1.29, 1.82) is 0 Å². The van der Waals surface area contributed by atoms with Crippen LogP contribution >= 0.6 is 22.9 Å². The zero-order valence-corrected chi connectivity index (χ0v) is 6.88. The van der Waals surface area contributed by atoms with Crippen LogP contribution in [0, 0.1) is 0 Å². The Balaban J connectivity index is 2.59. The van der Waals surface area contributed by atoms with Gasteiger partial charge >= 0.3 is 0 Å². The van der Waals surface area contributed by atoms with Gasteiger partial charge in [0.1, 0.15) is 28.7 Å². The van der Waals surface area contributed by atoms with Crippen LogP contribution in [-0.2, 0) is 0 Å². The van der Waals surface area contributed by atoms with Crippen molar-refractivity contribution in [3.05, 3.63) is 0 Å². The van der Waals surface area contributed by atoms with Crippen molar-refractivity contribution < 1.29 is 0 Å². The zero-order valence-electron chi connectivity index (χ0n) is 4.72. The van der Waals surface area contributed by atoms with Crippen LogP contribution in [0.2, 0.25) is 0 Å². The second-order valence-corrected chi connectivity index (χ2v) is 2.48. The summed E-state index contributed by atoms with van der Waals surface area (Å²) < 4.78 is 1.63. The number of hydrazone groups is 1. The van der Waals surface area contributed by atoms with Crippen LogP contribution in [0.3, 0.4) is 0 Å². The average Bonchev–Trinajstić information content (AvgIpc) is 1.85. The minimum Gasteiger partial charge on any atom is -0.278 e. The van der Waals surface area contributed by atoms with E-state index in [1.165, 1.54) is 0 Å². The summed E-state index contributed by atoms with van der Waals surface area (Å²) in [6.45, 7) is 1.94. The molecule has 0 saturated heterocycles. The number of amidine groups is 1. The first-order valence-electron chi connectivity index (χ1n) is 2.21. The van der Waals surface area contributed by atoms with Crippen LogP contribution in [0.5, 0.6) is 0 Å². The summed E-state index contributed by atoms with van der Waals surface area (Å²) in [5.74, 6) is 0.972. The molecule has 46 valence electrons. The van der Waals surface area contributed by atoms with E-state index < -0.39 is 0 Å². The molecule has 0 aliphatic carbocycles. The number of hydrazine groups is 2. The van der Waals surface area contributed by atoms with Crippen molar-refractivity contribution >= 4 is 28.7 Å². The minimum atomic E-state index is 0.972. The van der Waals surface area contributed by atoms with Gasteiger partial charge in [0.2, 0.25) is 0 Å². The van der Waals surface area contributed by atoms with E-state index in [4.69, 9.17) is 0 Å². The molecule has 1 N–H and O–H groups in total. The molecule has 0 unspecified atom stereocenters. The predicted octanol–water partition coefficient (Wildman–Crippen LogP) is 0.337. The summed E-state index contributed by atoms with van der Waals surface area (Å²) in [5, 5.41) is 5.86. The standard InChI is InChI=1S/C3H7IN4/c1-3-5-8(4)6-7(3)2/h6H,1-2H3. The molecule has 0 atom stereocenters. The Morgan fingerprint density at radius 1 is 1.75 bits per heavy atom. The lowest BCUT2D eigenvalue weighted by molar-refractivity contribution is 0.265. The second-order valence-electron chi connectivity index (χ2n) is 1.57. The second kappa shape index (κ2) is 2.06. The van der Waals surface area contributed by atoms with E-state index in [1.54, 1.807) is 3.33 Å². The maximum absolute atomic E-state index is 4.02. The van der Waals surface area contributed by atoms with Crippen molar-refractivity contribution in [2.45, 2.75) is 6.92 Å². The van der Waals surface area contributed by atoms with Crippen LogP contribution in [0.25, 0.3) is 0 Å². The molecular weight excluding hydrogens is 219 g/mol. The van der Waals surface area contributed by atoms with E-state index >= 15 is 0 Å². The van der Waals surface area contributed by atoms with Gasteiger partial charge in [-0.1, -0.05) is 0 Å². The smallest absolute Gasteiger partial charge is 0.139 e. The monoisotopic (exact) mass is 226 g/mol. The third kappa shape index (κ3) is 1.03. The van der Waals surface area contributed by atoms with Gasteiger partial charge in [-0.05, 0) is 6.92 Å². The maximum atomic E-state index is 4.02. The summed E-state index contributed by atoms with van der Waals surface area (Å²) in [6, 6.07) is 0. The van der Waals surface area contributed by atoms with Crippen molar-refractivity contribution in [1.82, 2.24) is 13.9 Å². The Hall–Kier alpha value is -0.0400. The summed E-state index contributed by atoms with van der Waals surface area (Å²) in [6.07, 6.45) is 0. The molecular formula is C3H7IN4. The van der Waals surface area contributed by atoms with Crippen LogP contribution in [0.15, 0.2) is 5.10 Å². The molecule has 1 aliphatic rings. The number of hydrogen-bond acceptors (Lipinski definition) is 4. The Bertz CT molecular complexity index is 122. The Morgan fingerprint density at radius 3 is 2.50 bits per heavy atom. The number of nitrogens with one attached hydrogen (secondary N) is 1. The lowest BCUT2D eigenvalue weighted by Crippen LogP contribution is -2.35. The van der Waals surface area contributed by atoms with Gasteiger partial charge < -0.3 is 0 Å². The van der Waals surface area contributed by atoms with Crippen LogP contribution in [-0.4, -0.2) is 21.2 Å². The highest BCUT2D eigenvalue weighted by atomic mass is 127. The van der Waals surface area contributed by atoms with Crippen molar-refractivity contribution in [2.75, 3.05) is 7.05 Å². The SMILES string of the molecule is CC1=NN(I)NN1C. The molecule has 1 aliphatic heterocycles. The third-order valence-electron chi connectivity index (χ3n) is 0.950. The van der Waals surface area contributed by atoms with Crippen molar-refractivity contribution in [2.24, 2.45) is 5.10 Å². The molecule has 0 saturated carbocycles. The normalized spacial score (nSPS) is 19.6. The van der Waals surface area contributed by atoms with Gasteiger partial charge in [0.05, 0.1) is 0 Å². The topological polar surface area (TPSA) is 30.9 Å². The minimum absolute atomic E-state index is 0.972. The molecule has 1 rings (SSSR count). The van der Waals surface area contributed by atoms with Gasteiger partial charge in [0, 0.05) is 7.05 Å². The number of halogens is 1. The quantitative estimate of drug-likeness (QED) is 0.477. The van der Waals surface area contributed by atoms with Gasteiger partial charge in [-0.3, -0.25) is 5.01 Å². The van der Waals surface area contributed by atoms with E-state index in [0.29, 0.717) is 0 Å². The summed E-state index contributed by atoms with van der Waals surface area (Å²) in [4.78, 5) is 0. The Kier molecular flexibility index (Phi) is 1.57. The van der Waals surface area contributed by atoms with E-state index in [-0.39, 0.29) is 0 Å². The highest BCUT2D eigenvalue weighted by Gasteiger charge is 2.10. The fourth-order valence-electron chi connectivity index (χ4n) is 0.413. The van der Waals surface area contributed by atoms with Gasteiger partial charge in [0.25, 0.3) is 0 Å². The molecule has 5 heteroatoms. The first-order chi connectivity index (χ1) is 3.70. The van der Waals surface area contributed by atoms with Crippen LogP contribution in [0.1, 0.15) is 6.92 Å². The molecule has 1 heterocycles. The number of rotatable bonds is 0. The molecule has 0 fully saturated rings. The average molecular weight is 226 g/mol.